The highest BCUT2D eigenvalue weighted by atomic mass is 35.5. The van der Waals surface area contributed by atoms with Crippen LogP contribution in [0.3, 0.4) is 0 Å². The van der Waals surface area contributed by atoms with Gasteiger partial charge in [0.2, 0.25) is 5.91 Å². The molecule has 8 heteroatoms. The third kappa shape index (κ3) is 4.14. The van der Waals surface area contributed by atoms with Crippen molar-refractivity contribution < 1.29 is 19.1 Å². The Balaban J connectivity index is 1.32. The van der Waals surface area contributed by atoms with Crippen molar-refractivity contribution in [1.29, 1.82) is 0 Å². The lowest BCUT2D eigenvalue weighted by molar-refractivity contribution is -0.131. The number of halogens is 1. The maximum atomic E-state index is 12.7. The van der Waals surface area contributed by atoms with Crippen LogP contribution in [-0.2, 0) is 11.2 Å². The van der Waals surface area contributed by atoms with Gasteiger partial charge in [0.15, 0.2) is 11.5 Å². The molecule has 3 aliphatic rings. The average Bonchev–Trinajstić information content (AvgIpc) is 2.74. The molecule has 0 spiro atoms. The van der Waals surface area contributed by atoms with Crippen molar-refractivity contribution in [1.82, 2.24) is 14.7 Å². The molecule has 152 valence electrons. The number of ether oxygens (including phenoxy) is 2. The van der Waals surface area contributed by atoms with Crippen molar-refractivity contribution in [2.24, 2.45) is 0 Å². The summed E-state index contributed by atoms with van der Waals surface area (Å²) in [6.45, 7) is 4.96. The number of fused-ring (bicyclic) bond motifs is 1. The van der Waals surface area contributed by atoms with Crippen LogP contribution in [0.5, 0.6) is 11.5 Å². The Labute approximate surface area is 170 Å². The summed E-state index contributed by atoms with van der Waals surface area (Å²) >= 11 is 6.27. The zero-order valence-electron chi connectivity index (χ0n) is 16.0. The Morgan fingerprint density at radius 1 is 0.857 bits per heavy atom. The highest BCUT2D eigenvalue weighted by Gasteiger charge is 2.28. The summed E-state index contributed by atoms with van der Waals surface area (Å²) in [6, 6.07) is 3.71. The molecule has 3 aliphatic heterocycles. The zero-order chi connectivity index (χ0) is 19.5. The van der Waals surface area contributed by atoms with Crippen LogP contribution in [0.2, 0.25) is 5.02 Å². The lowest BCUT2D eigenvalue weighted by Crippen LogP contribution is -2.54. The summed E-state index contributed by atoms with van der Waals surface area (Å²) in [6.07, 6.45) is 3.64. The second-order valence-electron chi connectivity index (χ2n) is 7.48. The average molecular weight is 408 g/mol. The molecule has 7 nitrogen and oxygen atoms in total. The topological polar surface area (TPSA) is 62.3 Å². The molecule has 0 aliphatic carbocycles. The van der Waals surface area contributed by atoms with Crippen LogP contribution >= 0.6 is 11.6 Å². The Hall–Kier alpha value is -2.15. The number of rotatable bonds is 2. The van der Waals surface area contributed by atoms with Gasteiger partial charge in [-0.2, -0.15) is 0 Å². The highest BCUT2D eigenvalue weighted by Crippen LogP contribution is 2.38. The minimum Gasteiger partial charge on any atom is -0.486 e. The lowest BCUT2D eigenvalue weighted by Gasteiger charge is -2.38. The molecule has 0 N–H and O–H groups in total. The Kier molecular flexibility index (Phi) is 5.80. The number of hydrogen-bond donors (Lipinski definition) is 0. The van der Waals surface area contributed by atoms with E-state index >= 15 is 0 Å². The number of nitrogens with zero attached hydrogens (tertiary/aromatic N) is 3. The van der Waals surface area contributed by atoms with Crippen molar-refractivity contribution in [3.05, 3.63) is 22.7 Å². The first-order valence-corrected chi connectivity index (χ1v) is 10.4. The van der Waals surface area contributed by atoms with E-state index < -0.39 is 0 Å². The van der Waals surface area contributed by atoms with Crippen molar-refractivity contribution in [3.63, 3.8) is 0 Å². The number of piperidine rings is 1. The smallest absolute Gasteiger partial charge is 0.320 e. The van der Waals surface area contributed by atoms with Gasteiger partial charge < -0.3 is 24.2 Å². The van der Waals surface area contributed by atoms with Gasteiger partial charge >= 0.3 is 6.03 Å². The molecule has 1 aromatic carbocycles. The van der Waals surface area contributed by atoms with Gasteiger partial charge in [-0.05, 0) is 37.0 Å². The molecule has 0 radical (unpaired) electrons. The van der Waals surface area contributed by atoms with E-state index in [0.717, 1.165) is 31.5 Å². The van der Waals surface area contributed by atoms with Crippen molar-refractivity contribution in [2.75, 3.05) is 52.5 Å². The summed E-state index contributed by atoms with van der Waals surface area (Å²) in [5.74, 6) is 1.19. The van der Waals surface area contributed by atoms with Gasteiger partial charge in [-0.15, -0.1) is 0 Å². The van der Waals surface area contributed by atoms with Crippen molar-refractivity contribution in [2.45, 2.75) is 25.7 Å². The van der Waals surface area contributed by atoms with E-state index in [1.807, 2.05) is 20.8 Å². The molecule has 1 aromatic rings. The van der Waals surface area contributed by atoms with Crippen LogP contribution in [0.4, 0.5) is 4.79 Å². The number of benzene rings is 1. The molecule has 3 heterocycles. The number of carbonyl (C=O) groups excluding carboxylic acids is 2. The molecule has 28 heavy (non-hydrogen) atoms. The quantitative estimate of drug-likeness (QED) is 0.755. The van der Waals surface area contributed by atoms with Gasteiger partial charge in [0, 0.05) is 39.3 Å². The standard InChI is InChI=1S/C20H26ClN3O4/c21-16-12-15(13-17-19(16)28-11-10-27-17)14-18(25)22-6-8-24(9-7-22)20(26)23-4-2-1-3-5-23/h12-13H,1-11,14H2. The molecule has 0 atom stereocenters. The number of piperazine rings is 1. The predicted molar refractivity (Wildman–Crippen MR) is 105 cm³/mol. The Morgan fingerprint density at radius 2 is 1.50 bits per heavy atom. The van der Waals surface area contributed by atoms with E-state index in [-0.39, 0.29) is 18.4 Å². The van der Waals surface area contributed by atoms with Crippen LogP contribution in [0.1, 0.15) is 24.8 Å². The Morgan fingerprint density at radius 3 is 2.25 bits per heavy atom. The largest absolute Gasteiger partial charge is 0.486 e. The number of likely N-dealkylation sites (tertiary alicyclic amines) is 1. The third-order valence-corrected chi connectivity index (χ3v) is 5.82. The van der Waals surface area contributed by atoms with Gasteiger partial charge in [0.25, 0.3) is 0 Å². The van der Waals surface area contributed by atoms with Gasteiger partial charge in [-0.1, -0.05) is 11.6 Å². The number of carbonyl (C=O) groups is 2. The predicted octanol–water partition coefficient (Wildman–Crippen LogP) is 2.40. The molecular formula is C20H26ClN3O4. The fourth-order valence-electron chi connectivity index (χ4n) is 3.99. The molecule has 0 bridgehead atoms. The molecule has 3 amide bonds. The Bertz CT molecular complexity index is 743. The van der Waals surface area contributed by atoms with Crippen LogP contribution in [0.15, 0.2) is 12.1 Å². The van der Waals surface area contributed by atoms with Crippen LogP contribution < -0.4 is 9.47 Å². The summed E-state index contributed by atoms with van der Waals surface area (Å²) in [5.41, 5.74) is 0.811. The van der Waals surface area contributed by atoms with Crippen molar-refractivity contribution >= 4 is 23.5 Å². The first-order valence-electron chi connectivity index (χ1n) is 10.0. The summed E-state index contributed by atoms with van der Waals surface area (Å²) in [7, 11) is 0. The molecule has 2 fully saturated rings. The highest BCUT2D eigenvalue weighted by molar-refractivity contribution is 6.32. The molecule has 0 saturated carbocycles. The maximum Gasteiger partial charge on any atom is 0.320 e. The van der Waals surface area contributed by atoms with Crippen molar-refractivity contribution in [3.8, 4) is 11.5 Å². The minimum atomic E-state index is 0.0396. The second-order valence-corrected chi connectivity index (χ2v) is 7.88. The van der Waals surface area contributed by atoms with Crippen LogP contribution in [-0.4, -0.2) is 79.1 Å². The van der Waals surface area contributed by atoms with Crippen LogP contribution in [0.25, 0.3) is 0 Å². The number of urea groups is 1. The van der Waals surface area contributed by atoms with Crippen LogP contribution in [0, 0.1) is 0 Å². The molecule has 4 rings (SSSR count). The summed E-state index contributed by atoms with van der Waals surface area (Å²) in [5, 5.41) is 0.469. The van der Waals surface area contributed by atoms with E-state index in [0.29, 0.717) is 55.9 Å². The van der Waals surface area contributed by atoms with E-state index in [9.17, 15) is 9.59 Å². The van der Waals surface area contributed by atoms with E-state index in [1.165, 1.54) is 6.42 Å². The zero-order valence-corrected chi connectivity index (χ0v) is 16.7. The molecular weight excluding hydrogens is 382 g/mol. The van der Waals surface area contributed by atoms with E-state index in [2.05, 4.69) is 0 Å². The first kappa shape index (κ1) is 19.2. The molecule has 2 saturated heterocycles. The number of amides is 3. The van der Waals surface area contributed by atoms with Gasteiger partial charge in [-0.25, -0.2) is 4.79 Å². The van der Waals surface area contributed by atoms with Gasteiger partial charge in [-0.3, -0.25) is 4.79 Å². The summed E-state index contributed by atoms with van der Waals surface area (Å²) in [4.78, 5) is 31.0. The molecule has 0 unspecified atom stereocenters. The second kappa shape index (κ2) is 8.47. The monoisotopic (exact) mass is 407 g/mol. The van der Waals surface area contributed by atoms with E-state index in [4.69, 9.17) is 21.1 Å². The lowest BCUT2D eigenvalue weighted by atomic mass is 10.1. The van der Waals surface area contributed by atoms with Gasteiger partial charge in [0.1, 0.15) is 13.2 Å². The number of hydrogen-bond acceptors (Lipinski definition) is 4. The fourth-order valence-corrected chi connectivity index (χ4v) is 4.27. The van der Waals surface area contributed by atoms with E-state index in [1.54, 1.807) is 6.07 Å². The maximum absolute atomic E-state index is 12.7. The first-order chi connectivity index (χ1) is 13.6. The fraction of sp³-hybridized carbons (Fsp3) is 0.600. The third-order valence-electron chi connectivity index (χ3n) is 5.54. The summed E-state index contributed by atoms with van der Waals surface area (Å²) < 4.78 is 11.1. The van der Waals surface area contributed by atoms with Gasteiger partial charge in [0.05, 0.1) is 11.4 Å². The molecule has 0 aromatic heterocycles. The normalized spacial score (nSPS) is 19.5. The SMILES string of the molecule is O=C(Cc1cc(Cl)c2c(c1)OCCO2)N1CCN(C(=O)N2CCCCC2)CC1. The minimum absolute atomic E-state index is 0.0396.